The second kappa shape index (κ2) is 6.73. The average molecular weight is 286 g/mol. The molecule has 0 bridgehead atoms. The molecule has 4 heteroatoms. The fourth-order valence-electron chi connectivity index (χ4n) is 2.60. The minimum atomic E-state index is -0.171. The molecular formula is C17H22N2O2. The van der Waals surface area contributed by atoms with Crippen LogP contribution in [0.15, 0.2) is 24.3 Å². The maximum atomic E-state index is 11.9. The molecule has 4 nitrogen and oxygen atoms in total. The summed E-state index contributed by atoms with van der Waals surface area (Å²) >= 11 is 0. The topological polar surface area (TPSA) is 62.1 Å². The van der Waals surface area contributed by atoms with E-state index in [9.17, 15) is 4.79 Å². The van der Waals surface area contributed by atoms with Gasteiger partial charge < -0.3 is 10.1 Å². The number of carbonyl (C=O) groups is 1. The van der Waals surface area contributed by atoms with E-state index in [1.807, 2.05) is 6.07 Å². The Hall–Kier alpha value is -1.86. The number of anilines is 1. The van der Waals surface area contributed by atoms with Crippen LogP contribution in [0.1, 0.15) is 45.1 Å². The van der Waals surface area contributed by atoms with Crippen molar-refractivity contribution in [2.75, 3.05) is 11.9 Å². The summed E-state index contributed by atoms with van der Waals surface area (Å²) in [7, 11) is 0. The molecule has 0 radical (unpaired) electrons. The minimum absolute atomic E-state index is 0.0713. The first-order valence-corrected chi connectivity index (χ1v) is 7.40. The van der Waals surface area contributed by atoms with Gasteiger partial charge in [-0.25, -0.2) is 0 Å². The Morgan fingerprint density at radius 3 is 2.81 bits per heavy atom. The summed E-state index contributed by atoms with van der Waals surface area (Å²) in [6.45, 7) is 4.62. The summed E-state index contributed by atoms with van der Waals surface area (Å²) in [5, 5.41) is 11.6. The Balaban J connectivity index is 1.76. The summed E-state index contributed by atoms with van der Waals surface area (Å²) in [6.07, 6.45) is 4.51. The molecule has 0 spiro atoms. The van der Waals surface area contributed by atoms with Gasteiger partial charge in [0, 0.05) is 5.69 Å². The number of benzene rings is 1. The normalized spacial score (nSPS) is 18.0. The van der Waals surface area contributed by atoms with Crippen LogP contribution in [0.2, 0.25) is 0 Å². The van der Waals surface area contributed by atoms with Crippen LogP contribution in [-0.4, -0.2) is 18.6 Å². The van der Waals surface area contributed by atoms with E-state index >= 15 is 0 Å². The highest BCUT2D eigenvalue weighted by Crippen LogP contribution is 2.36. The van der Waals surface area contributed by atoms with E-state index in [2.05, 4.69) is 19.2 Å². The quantitative estimate of drug-likeness (QED) is 0.921. The summed E-state index contributed by atoms with van der Waals surface area (Å²) in [6, 6.07) is 8.92. The van der Waals surface area contributed by atoms with Gasteiger partial charge in [0.1, 0.15) is 6.61 Å². The van der Waals surface area contributed by atoms with E-state index in [0.717, 1.165) is 25.7 Å². The van der Waals surface area contributed by atoms with Crippen molar-refractivity contribution in [3.05, 3.63) is 29.8 Å². The molecule has 0 aromatic heterocycles. The second-order valence-corrected chi connectivity index (χ2v) is 6.42. The molecule has 0 aliphatic heterocycles. The largest absolute Gasteiger partial charge is 0.368 e. The summed E-state index contributed by atoms with van der Waals surface area (Å²) in [5.41, 5.74) is 1.57. The van der Waals surface area contributed by atoms with Crippen LogP contribution >= 0.6 is 0 Å². The van der Waals surface area contributed by atoms with Crippen molar-refractivity contribution in [1.29, 1.82) is 5.26 Å². The van der Waals surface area contributed by atoms with Crippen molar-refractivity contribution < 1.29 is 9.53 Å². The lowest BCUT2D eigenvalue weighted by Gasteiger charge is -2.34. The van der Waals surface area contributed by atoms with E-state index in [0.29, 0.717) is 16.7 Å². The number of rotatable bonds is 4. The number of amides is 1. The molecule has 0 atom stereocenters. The van der Waals surface area contributed by atoms with E-state index in [1.165, 1.54) is 0 Å². The number of hydrogen-bond acceptors (Lipinski definition) is 3. The maximum absolute atomic E-state index is 11.9. The van der Waals surface area contributed by atoms with Crippen LogP contribution in [0.4, 0.5) is 5.69 Å². The molecule has 21 heavy (non-hydrogen) atoms. The molecule has 1 N–H and O–H groups in total. The van der Waals surface area contributed by atoms with E-state index in [1.54, 1.807) is 24.3 Å². The lowest BCUT2D eigenvalue weighted by molar-refractivity contribution is -0.123. The van der Waals surface area contributed by atoms with Crippen LogP contribution < -0.4 is 5.32 Å². The van der Waals surface area contributed by atoms with Crippen molar-refractivity contribution in [3.63, 3.8) is 0 Å². The highest BCUT2D eigenvalue weighted by molar-refractivity contribution is 5.91. The van der Waals surface area contributed by atoms with Crippen LogP contribution in [0.25, 0.3) is 0 Å². The summed E-state index contributed by atoms with van der Waals surface area (Å²) < 4.78 is 5.69. The summed E-state index contributed by atoms with van der Waals surface area (Å²) in [4.78, 5) is 11.9. The van der Waals surface area contributed by atoms with Gasteiger partial charge in [-0.1, -0.05) is 19.9 Å². The number of nitrogens with one attached hydrogen (secondary N) is 1. The lowest BCUT2D eigenvalue weighted by atomic mass is 9.76. The Labute approximate surface area is 126 Å². The fourth-order valence-corrected chi connectivity index (χ4v) is 2.60. The van der Waals surface area contributed by atoms with Crippen LogP contribution in [0, 0.1) is 16.7 Å². The van der Waals surface area contributed by atoms with Crippen LogP contribution in [-0.2, 0) is 9.53 Å². The van der Waals surface area contributed by atoms with Gasteiger partial charge in [-0.3, -0.25) is 4.79 Å². The number of nitrogens with zero attached hydrogens (tertiary/aromatic N) is 1. The SMILES string of the molecule is CC1(C)CCC(OCC(=O)Nc2cccc(C#N)c2)CC1. The Bertz CT molecular complexity index is 536. The van der Waals surface area contributed by atoms with Gasteiger partial charge in [0.05, 0.1) is 17.7 Å². The average Bonchev–Trinajstić information content (AvgIpc) is 2.46. The van der Waals surface area contributed by atoms with Gasteiger partial charge in [-0.2, -0.15) is 5.26 Å². The molecule has 1 aromatic rings. The molecule has 2 rings (SSSR count). The second-order valence-electron chi connectivity index (χ2n) is 6.42. The molecular weight excluding hydrogens is 264 g/mol. The van der Waals surface area contributed by atoms with Crippen LogP contribution in [0.5, 0.6) is 0 Å². The van der Waals surface area contributed by atoms with Gasteiger partial charge in [-0.15, -0.1) is 0 Å². The first-order chi connectivity index (χ1) is 9.98. The number of hydrogen-bond donors (Lipinski definition) is 1. The highest BCUT2D eigenvalue weighted by atomic mass is 16.5. The van der Waals surface area contributed by atoms with E-state index in [-0.39, 0.29) is 18.6 Å². The minimum Gasteiger partial charge on any atom is -0.368 e. The highest BCUT2D eigenvalue weighted by Gasteiger charge is 2.27. The molecule has 1 aromatic carbocycles. The Kier molecular flexibility index (Phi) is 4.98. The predicted molar refractivity (Wildman–Crippen MR) is 81.8 cm³/mol. The van der Waals surface area contributed by atoms with Gasteiger partial charge in [0.2, 0.25) is 5.91 Å². The first-order valence-electron chi connectivity index (χ1n) is 7.40. The van der Waals surface area contributed by atoms with Gasteiger partial charge in [0.15, 0.2) is 0 Å². The third-order valence-corrected chi connectivity index (χ3v) is 4.01. The van der Waals surface area contributed by atoms with Crippen molar-refractivity contribution >= 4 is 11.6 Å². The zero-order valence-corrected chi connectivity index (χ0v) is 12.7. The fraction of sp³-hybridized carbons (Fsp3) is 0.529. The Morgan fingerprint density at radius 2 is 2.14 bits per heavy atom. The molecule has 1 aliphatic carbocycles. The number of carbonyl (C=O) groups excluding carboxylic acids is 1. The molecule has 0 heterocycles. The first kappa shape index (κ1) is 15.5. The molecule has 1 saturated carbocycles. The van der Waals surface area contributed by atoms with Crippen molar-refractivity contribution in [3.8, 4) is 6.07 Å². The zero-order chi connectivity index (χ0) is 15.3. The molecule has 0 unspecified atom stereocenters. The third-order valence-electron chi connectivity index (χ3n) is 4.01. The Morgan fingerprint density at radius 1 is 1.43 bits per heavy atom. The predicted octanol–water partition coefficient (Wildman–Crippen LogP) is 3.48. The van der Waals surface area contributed by atoms with Gasteiger partial charge in [0.25, 0.3) is 0 Å². The molecule has 0 saturated heterocycles. The molecule has 112 valence electrons. The van der Waals surface area contributed by atoms with Crippen LogP contribution in [0.3, 0.4) is 0 Å². The monoisotopic (exact) mass is 286 g/mol. The lowest BCUT2D eigenvalue weighted by Crippen LogP contribution is -2.29. The zero-order valence-electron chi connectivity index (χ0n) is 12.7. The summed E-state index contributed by atoms with van der Waals surface area (Å²) in [5.74, 6) is -0.171. The molecule has 1 fully saturated rings. The van der Waals surface area contributed by atoms with Crippen molar-refractivity contribution in [2.45, 2.75) is 45.6 Å². The van der Waals surface area contributed by atoms with Gasteiger partial charge >= 0.3 is 0 Å². The molecule has 1 amide bonds. The smallest absolute Gasteiger partial charge is 0.250 e. The number of ether oxygens (including phenoxy) is 1. The van der Waals surface area contributed by atoms with E-state index < -0.39 is 0 Å². The van der Waals surface area contributed by atoms with Gasteiger partial charge in [-0.05, 0) is 49.3 Å². The molecule has 1 aliphatic rings. The van der Waals surface area contributed by atoms with Crippen molar-refractivity contribution in [2.24, 2.45) is 5.41 Å². The standard InChI is InChI=1S/C17H22N2O2/c1-17(2)8-6-15(7-9-17)21-12-16(20)19-14-5-3-4-13(10-14)11-18/h3-5,10,15H,6-9,12H2,1-2H3,(H,19,20). The van der Waals surface area contributed by atoms with Crippen molar-refractivity contribution in [1.82, 2.24) is 0 Å². The third kappa shape index (κ3) is 4.87. The number of nitriles is 1. The maximum Gasteiger partial charge on any atom is 0.250 e. The van der Waals surface area contributed by atoms with E-state index in [4.69, 9.17) is 10.00 Å².